The van der Waals surface area contributed by atoms with Crippen LogP contribution in [0.2, 0.25) is 0 Å². The number of carbonyl (C=O) groups excluding carboxylic acids is 2. The summed E-state index contributed by atoms with van der Waals surface area (Å²) in [5, 5.41) is 24.6. The van der Waals surface area contributed by atoms with Gasteiger partial charge in [-0.25, -0.2) is 19.2 Å². The molecule has 2 rings (SSSR count). The topological polar surface area (TPSA) is 188 Å². The number of aromatic nitrogens is 2. The van der Waals surface area contributed by atoms with Crippen molar-refractivity contribution in [1.82, 2.24) is 14.6 Å². The molecule has 1 fully saturated rings. The summed E-state index contributed by atoms with van der Waals surface area (Å²) in [4.78, 5) is 40.0. The number of hydrogen-bond donors (Lipinski definition) is 4. The third kappa shape index (κ3) is 8.00. The first-order valence-electron chi connectivity index (χ1n) is 11.0. The van der Waals surface area contributed by atoms with Gasteiger partial charge in [-0.05, 0) is 18.4 Å². The molecule has 0 spiro atoms. The molecule has 14 nitrogen and oxygen atoms in total. The second-order valence-electron chi connectivity index (χ2n) is 8.28. The van der Waals surface area contributed by atoms with Crippen molar-refractivity contribution < 1.29 is 42.9 Å². The van der Waals surface area contributed by atoms with Gasteiger partial charge in [-0.2, -0.15) is 4.98 Å². The number of nitrogens with one attached hydrogen (secondary N) is 2. The van der Waals surface area contributed by atoms with Gasteiger partial charge >= 0.3 is 25.4 Å². The molecule has 1 saturated heterocycles. The summed E-state index contributed by atoms with van der Waals surface area (Å²) in [5.41, 5.74) is -0.643. The SMILES string of the molecule is CNc1ccn([C@@H]2S[C@H](COP(=O)(N[C@@H](CC(C)C)C(=O)OC)OCC(=O)OC)[C@@H](O)[C@@H]2O)c(=O)n1. The van der Waals surface area contributed by atoms with Crippen LogP contribution >= 0.6 is 19.5 Å². The molecule has 2 heterocycles. The molecular formula is C20H33N4O10PS. The van der Waals surface area contributed by atoms with Crippen molar-refractivity contribution >= 4 is 37.3 Å². The van der Waals surface area contributed by atoms with Crippen molar-refractivity contribution in [3.8, 4) is 0 Å². The van der Waals surface area contributed by atoms with Gasteiger partial charge in [-0.15, -0.1) is 11.8 Å². The van der Waals surface area contributed by atoms with Gasteiger partial charge in [0, 0.05) is 13.2 Å². The lowest BCUT2D eigenvalue weighted by Crippen LogP contribution is -2.39. The summed E-state index contributed by atoms with van der Waals surface area (Å²) in [5.74, 6) is -1.20. The highest BCUT2D eigenvalue weighted by atomic mass is 32.2. The Morgan fingerprint density at radius 2 is 1.92 bits per heavy atom. The number of carbonyl (C=O) groups is 2. The van der Waals surface area contributed by atoms with Crippen molar-refractivity contribution in [2.24, 2.45) is 5.92 Å². The lowest BCUT2D eigenvalue weighted by molar-refractivity contribution is -0.143. The average Bonchev–Trinajstić information content (AvgIpc) is 3.13. The summed E-state index contributed by atoms with van der Waals surface area (Å²) >= 11 is 1.01. The fraction of sp³-hybridized carbons (Fsp3) is 0.700. The number of anilines is 1. The minimum atomic E-state index is -4.32. The minimum Gasteiger partial charge on any atom is -0.468 e. The Kier molecular flexibility index (Phi) is 11.3. The van der Waals surface area contributed by atoms with Crippen LogP contribution in [0.3, 0.4) is 0 Å². The Morgan fingerprint density at radius 1 is 1.22 bits per heavy atom. The molecule has 36 heavy (non-hydrogen) atoms. The van der Waals surface area contributed by atoms with Crippen LogP contribution in [0.25, 0.3) is 0 Å². The molecule has 1 aliphatic rings. The second-order valence-corrected chi connectivity index (χ2v) is 11.4. The number of esters is 2. The lowest BCUT2D eigenvalue weighted by Gasteiger charge is -2.26. The van der Waals surface area contributed by atoms with E-state index in [0.717, 1.165) is 18.9 Å². The van der Waals surface area contributed by atoms with Crippen LogP contribution in [0.1, 0.15) is 25.6 Å². The third-order valence-electron chi connectivity index (χ3n) is 5.19. The Labute approximate surface area is 212 Å². The number of aliphatic hydroxyl groups is 2. The molecule has 204 valence electrons. The summed E-state index contributed by atoms with van der Waals surface area (Å²) in [6.07, 6.45) is -1.08. The Bertz CT molecular complexity index is 1010. The fourth-order valence-corrected chi connectivity index (χ4v) is 6.32. The predicted molar refractivity (Wildman–Crippen MR) is 130 cm³/mol. The quantitative estimate of drug-likeness (QED) is 0.191. The maximum absolute atomic E-state index is 13.5. The smallest absolute Gasteiger partial charge is 0.406 e. The van der Waals surface area contributed by atoms with E-state index in [1.807, 2.05) is 13.8 Å². The van der Waals surface area contributed by atoms with Crippen LogP contribution in [-0.2, 0) is 32.7 Å². The molecule has 0 aromatic carbocycles. The molecule has 0 radical (unpaired) electrons. The Hall–Kier alpha value is -2.00. The van der Waals surface area contributed by atoms with E-state index in [2.05, 4.69) is 20.1 Å². The van der Waals surface area contributed by atoms with Crippen LogP contribution in [0.15, 0.2) is 17.1 Å². The summed E-state index contributed by atoms with van der Waals surface area (Å²) in [7, 11) is -0.432. The van der Waals surface area contributed by atoms with E-state index in [0.29, 0.717) is 5.82 Å². The first-order chi connectivity index (χ1) is 16.9. The van der Waals surface area contributed by atoms with Gasteiger partial charge in [-0.1, -0.05) is 13.8 Å². The maximum Gasteiger partial charge on any atom is 0.406 e. The van der Waals surface area contributed by atoms with Gasteiger partial charge in [0.1, 0.15) is 23.3 Å². The summed E-state index contributed by atoms with van der Waals surface area (Å²) < 4.78 is 34.6. The molecule has 6 atom stereocenters. The molecule has 1 aliphatic heterocycles. The fourth-order valence-electron chi connectivity index (χ4n) is 3.33. The van der Waals surface area contributed by atoms with E-state index in [1.165, 1.54) is 23.9 Å². The van der Waals surface area contributed by atoms with E-state index in [9.17, 15) is 29.2 Å². The van der Waals surface area contributed by atoms with E-state index in [-0.39, 0.29) is 12.3 Å². The zero-order chi connectivity index (χ0) is 27.0. The highest BCUT2D eigenvalue weighted by molar-refractivity contribution is 8.00. The molecule has 0 amide bonds. The molecular weight excluding hydrogens is 519 g/mol. The summed E-state index contributed by atoms with van der Waals surface area (Å²) in [6.45, 7) is 2.52. The van der Waals surface area contributed by atoms with Gasteiger partial charge < -0.3 is 25.0 Å². The van der Waals surface area contributed by atoms with Crippen LogP contribution in [0, 0.1) is 5.92 Å². The molecule has 0 aliphatic carbocycles. The van der Waals surface area contributed by atoms with Crippen molar-refractivity contribution in [3.05, 3.63) is 22.7 Å². The molecule has 0 saturated carbocycles. The molecule has 4 N–H and O–H groups in total. The van der Waals surface area contributed by atoms with E-state index < -0.39 is 67.5 Å². The van der Waals surface area contributed by atoms with Gasteiger partial charge in [0.2, 0.25) is 0 Å². The number of ether oxygens (including phenoxy) is 2. The highest BCUT2D eigenvalue weighted by Gasteiger charge is 2.45. The van der Waals surface area contributed by atoms with Crippen LogP contribution in [0.4, 0.5) is 5.82 Å². The second kappa shape index (κ2) is 13.5. The van der Waals surface area contributed by atoms with E-state index in [4.69, 9.17) is 13.8 Å². The number of aliphatic hydroxyl groups excluding tert-OH is 2. The van der Waals surface area contributed by atoms with Gasteiger partial charge in [0.25, 0.3) is 0 Å². The number of hydrogen-bond acceptors (Lipinski definition) is 13. The van der Waals surface area contributed by atoms with Crippen LogP contribution in [-0.4, -0.2) is 89.7 Å². The van der Waals surface area contributed by atoms with Gasteiger partial charge in [-0.3, -0.25) is 18.4 Å². The molecule has 16 heteroatoms. The van der Waals surface area contributed by atoms with Crippen molar-refractivity contribution in [2.75, 3.05) is 39.8 Å². The average molecular weight is 553 g/mol. The minimum absolute atomic E-state index is 0.00000912. The first kappa shape index (κ1) is 30.2. The zero-order valence-corrected chi connectivity index (χ0v) is 22.4. The number of methoxy groups -OCH3 is 2. The molecule has 1 aromatic heterocycles. The molecule has 1 aromatic rings. The van der Waals surface area contributed by atoms with Gasteiger partial charge in [0.15, 0.2) is 6.61 Å². The number of rotatable bonds is 13. The molecule has 0 bridgehead atoms. The van der Waals surface area contributed by atoms with Crippen molar-refractivity contribution in [3.63, 3.8) is 0 Å². The highest BCUT2D eigenvalue weighted by Crippen LogP contribution is 2.48. The summed E-state index contributed by atoms with van der Waals surface area (Å²) in [6, 6.07) is 0.457. The van der Waals surface area contributed by atoms with E-state index >= 15 is 0 Å². The maximum atomic E-state index is 13.5. The molecule has 1 unspecified atom stereocenters. The largest absolute Gasteiger partial charge is 0.468 e. The Balaban J connectivity index is 2.20. The van der Waals surface area contributed by atoms with Crippen LogP contribution < -0.4 is 16.1 Å². The predicted octanol–water partition coefficient (Wildman–Crippen LogP) is 0.112. The number of thioether (sulfide) groups is 1. The normalized spacial score (nSPS) is 24.2. The first-order valence-corrected chi connectivity index (χ1v) is 13.5. The Morgan fingerprint density at radius 3 is 2.47 bits per heavy atom. The van der Waals surface area contributed by atoms with Crippen molar-refractivity contribution in [1.29, 1.82) is 0 Å². The monoisotopic (exact) mass is 552 g/mol. The van der Waals surface area contributed by atoms with Crippen molar-refractivity contribution in [2.45, 2.75) is 49.1 Å². The van der Waals surface area contributed by atoms with Gasteiger partial charge in [0.05, 0.1) is 32.2 Å². The zero-order valence-electron chi connectivity index (χ0n) is 20.7. The number of nitrogens with zero attached hydrogens (tertiary/aromatic N) is 2. The third-order valence-corrected chi connectivity index (χ3v) is 8.33. The van der Waals surface area contributed by atoms with Crippen LogP contribution in [0.5, 0.6) is 0 Å². The van der Waals surface area contributed by atoms with E-state index in [1.54, 1.807) is 7.05 Å². The standard InChI is InChI=1S/C20H33N4O10PS/c1-11(2)8-12(19(28)32-5)23-35(30,34-10-15(25)31-4)33-9-13-16(26)17(27)18(36-13)24-7-6-14(21-3)22-20(24)29/h6-7,11-13,16-18,26-27H,8-10H2,1-5H3,(H,23,30)(H,21,22,29)/t12-,13+,16+,17-,18+,35?/m0/s1. The lowest BCUT2D eigenvalue weighted by atomic mass is 10.1.